The van der Waals surface area contributed by atoms with Crippen LogP contribution in [0, 0.1) is 0 Å². The molecule has 1 heterocycles. The van der Waals surface area contributed by atoms with Crippen LogP contribution in [0.2, 0.25) is 0 Å². The van der Waals surface area contributed by atoms with Crippen molar-refractivity contribution in [3.8, 4) is 50.2 Å². The molecule has 0 spiro atoms. The first-order valence-corrected chi connectivity index (χ1v) is 19.2. The predicted octanol–water partition coefficient (Wildman–Crippen LogP) is 14.9. The van der Waals surface area contributed by atoms with E-state index < -0.39 is 0 Å². The molecule has 0 saturated carbocycles. The molecular formula is C54H38N2. The molecule has 0 radical (unpaired) electrons. The number of hydrogen-bond donors (Lipinski definition) is 0. The van der Waals surface area contributed by atoms with Crippen LogP contribution in [0.4, 0.5) is 17.1 Å². The second-order valence-corrected chi connectivity index (χ2v) is 14.2. The molecule has 10 aromatic rings. The number of rotatable bonds is 8. The average molecular weight is 715 g/mol. The fourth-order valence-corrected chi connectivity index (χ4v) is 8.20. The van der Waals surface area contributed by atoms with Gasteiger partial charge in [0.05, 0.1) is 16.7 Å². The summed E-state index contributed by atoms with van der Waals surface area (Å²) in [6.45, 7) is 0. The van der Waals surface area contributed by atoms with Crippen molar-refractivity contribution in [3.63, 3.8) is 0 Å². The van der Waals surface area contributed by atoms with Crippen LogP contribution in [0.1, 0.15) is 0 Å². The van der Waals surface area contributed by atoms with Gasteiger partial charge in [-0.3, -0.25) is 0 Å². The smallest absolute Gasteiger partial charge is 0.0547 e. The molecule has 1 aromatic heterocycles. The molecule has 264 valence electrons. The molecule has 0 N–H and O–H groups in total. The average Bonchev–Trinajstić information content (AvgIpc) is 3.61. The standard InChI is InChI=1S/C54H38N2/c1-4-18-39(19-5-1)41-22-16-26-45(36-41)55(46-27-17-23-42(37-46)40-20-6-2-7-21-40)52-32-14-12-30-49(52)48-29-11-10-28-47(48)43-34-35-51-50-31-13-15-33-53(50)56(54(51)38-43)44-24-8-3-9-25-44/h1-38H. The number of benzene rings is 9. The van der Waals surface area contributed by atoms with E-state index in [9.17, 15) is 0 Å². The van der Waals surface area contributed by atoms with Crippen LogP contribution in [-0.4, -0.2) is 4.57 Å². The van der Waals surface area contributed by atoms with Crippen molar-refractivity contribution in [2.45, 2.75) is 0 Å². The molecular weight excluding hydrogens is 677 g/mol. The molecule has 0 fully saturated rings. The molecule has 9 aromatic carbocycles. The van der Waals surface area contributed by atoms with Crippen molar-refractivity contribution in [1.82, 2.24) is 4.57 Å². The topological polar surface area (TPSA) is 8.17 Å². The third-order valence-corrected chi connectivity index (χ3v) is 10.8. The molecule has 0 aliphatic rings. The maximum Gasteiger partial charge on any atom is 0.0547 e. The van der Waals surface area contributed by atoms with Crippen molar-refractivity contribution in [2.24, 2.45) is 0 Å². The summed E-state index contributed by atoms with van der Waals surface area (Å²) in [6.07, 6.45) is 0. The quantitative estimate of drug-likeness (QED) is 0.152. The molecule has 0 aliphatic carbocycles. The summed E-state index contributed by atoms with van der Waals surface area (Å²) in [6, 6.07) is 83.1. The van der Waals surface area contributed by atoms with Gasteiger partial charge in [-0.2, -0.15) is 0 Å². The summed E-state index contributed by atoms with van der Waals surface area (Å²) in [4.78, 5) is 2.42. The summed E-state index contributed by atoms with van der Waals surface area (Å²) in [7, 11) is 0. The van der Waals surface area contributed by atoms with Gasteiger partial charge in [0.15, 0.2) is 0 Å². The van der Waals surface area contributed by atoms with Gasteiger partial charge >= 0.3 is 0 Å². The van der Waals surface area contributed by atoms with E-state index in [-0.39, 0.29) is 0 Å². The summed E-state index contributed by atoms with van der Waals surface area (Å²) < 4.78 is 2.39. The zero-order valence-electron chi connectivity index (χ0n) is 30.8. The summed E-state index contributed by atoms with van der Waals surface area (Å²) >= 11 is 0. The second-order valence-electron chi connectivity index (χ2n) is 14.2. The fraction of sp³-hybridized carbons (Fsp3) is 0. The van der Waals surface area contributed by atoms with E-state index in [4.69, 9.17) is 0 Å². The van der Waals surface area contributed by atoms with Gasteiger partial charge in [-0.15, -0.1) is 0 Å². The van der Waals surface area contributed by atoms with E-state index >= 15 is 0 Å². The van der Waals surface area contributed by atoms with Crippen molar-refractivity contribution in [2.75, 3.05) is 4.90 Å². The molecule has 0 aliphatic heterocycles. The van der Waals surface area contributed by atoms with Gasteiger partial charge in [-0.05, 0) is 93.5 Å². The monoisotopic (exact) mass is 714 g/mol. The van der Waals surface area contributed by atoms with Crippen LogP contribution in [0.15, 0.2) is 231 Å². The maximum atomic E-state index is 2.42. The van der Waals surface area contributed by atoms with Gasteiger partial charge < -0.3 is 9.47 Å². The Morgan fingerprint density at radius 1 is 0.286 bits per heavy atom. The Kier molecular flexibility index (Phi) is 8.55. The Morgan fingerprint density at radius 3 is 1.45 bits per heavy atom. The number of nitrogens with zero attached hydrogens (tertiary/aromatic N) is 2. The number of para-hydroxylation sites is 3. The highest BCUT2D eigenvalue weighted by Gasteiger charge is 2.21. The largest absolute Gasteiger partial charge is 0.310 e. The normalized spacial score (nSPS) is 11.2. The van der Waals surface area contributed by atoms with Gasteiger partial charge in [-0.25, -0.2) is 0 Å². The number of aromatic nitrogens is 1. The van der Waals surface area contributed by atoms with Crippen LogP contribution in [-0.2, 0) is 0 Å². The predicted molar refractivity (Wildman–Crippen MR) is 237 cm³/mol. The van der Waals surface area contributed by atoms with E-state index in [1.807, 2.05) is 0 Å². The van der Waals surface area contributed by atoms with Crippen molar-refractivity contribution < 1.29 is 0 Å². The van der Waals surface area contributed by atoms with Gasteiger partial charge in [-0.1, -0.05) is 176 Å². The van der Waals surface area contributed by atoms with Crippen molar-refractivity contribution >= 4 is 38.9 Å². The first-order valence-electron chi connectivity index (χ1n) is 19.2. The van der Waals surface area contributed by atoms with E-state index in [0.29, 0.717) is 0 Å². The lowest BCUT2D eigenvalue weighted by molar-refractivity contribution is 1.18. The summed E-state index contributed by atoms with van der Waals surface area (Å²) in [5, 5.41) is 2.50. The highest BCUT2D eigenvalue weighted by Crippen LogP contribution is 2.45. The Morgan fingerprint density at radius 2 is 0.786 bits per heavy atom. The Hall–Kier alpha value is -7.42. The molecule has 2 nitrogen and oxygen atoms in total. The first kappa shape index (κ1) is 33.2. The highest BCUT2D eigenvalue weighted by molar-refractivity contribution is 6.10. The van der Waals surface area contributed by atoms with Gasteiger partial charge in [0, 0.05) is 33.4 Å². The minimum absolute atomic E-state index is 1.09. The SMILES string of the molecule is c1ccc(-c2cccc(N(c3cccc(-c4ccccc4)c3)c3ccccc3-c3ccccc3-c3ccc4c5ccccc5n(-c5ccccc5)c4c3)c2)cc1. The van der Waals surface area contributed by atoms with Crippen molar-refractivity contribution in [3.05, 3.63) is 231 Å². The van der Waals surface area contributed by atoms with E-state index in [0.717, 1.165) is 28.3 Å². The molecule has 10 rings (SSSR count). The van der Waals surface area contributed by atoms with Crippen LogP contribution in [0.5, 0.6) is 0 Å². The van der Waals surface area contributed by atoms with E-state index in [2.05, 4.69) is 240 Å². The fourth-order valence-electron chi connectivity index (χ4n) is 8.20. The lowest BCUT2D eigenvalue weighted by Crippen LogP contribution is -2.11. The van der Waals surface area contributed by atoms with E-state index in [1.54, 1.807) is 0 Å². The van der Waals surface area contributed by atoms with Crippen molar-refractivity contribution in [1.29, 1.82) is 0 Å². The lowest BCUT2D eigenvalue weighted by atomic mass is 9.92. The van der Waals surface area contributed by atoms with Crippen LogP contribution >= 0.6 is 0 Å². The summed E-state index contributed by atoms with van der Waals surface area (Å²) in [5.41, 5.74) is 16.2. The van der Waals surface area contributed by atoms with Crippen LogP contribution in [0.3, 0.4) is 0 Å². The minimum Gasteiger partial charge on any atom is -0.310 e. The molecule has 2 heteroatoms. The maximum absolute atomic E-state index is 2.42. The number of anilines is 3. The van der Waals surface area contributed by atoms with Gasteiger partial charge in [0.25, 0.3) is 0 Å². The Bertz CT molecular complexity index is 2880. The molecule has 0 bridgehead atoms. The Balaban J connectivity index is 1.17. The minimum atomic E-state index is 1.09. The highest BCUT2D eigenvalue weighted by atomic mass is 15.1. The summed E-state index contributed by atoms with van der Waals surface area (Å²) in [5.74, 6) is 0. The number of hydrogen-bond acceptors (Lipinski definition) is 1. The third-order valence-electron chi connectivity index (χ3n) is 10.8. The zero-order chi connectivity index (χ0) is 37.3. The van der Waals surface area contributed by atoms with Gasteiger partial charge in [0.2, 0.25) is 0 Å². The third kappa shape index (κ3) is 6.04. The van der Waals surface area contributed by atoms with E-state index in [1.165, 1.54) is 60.8 Å². The molecule has 56 heavy (non-hydrogen) atoms. The first-order chi connectivity index (χ1) is 27.8. The van der Waals surface area contributed by atoms with Gasteiger partial charge in [0.1, 0.15) is 0 Å². The molecule has 0 atom stereocenters. The van der Waals surface area contributed by atoms with Crippen LogP contribution < -0.4 is 4.90 Å². The zero-order valence-corrected chi connectivity index (χ0v) is 30.8. The molecule has 0 unspecified atom stereocenters. The van der Waals surface area contributed by atoms with Crippen LogP contribution in [0.25, 0.3) is 72.0 Å². The lowest BCUT2D eigenvalue weighted by Gasteiger charge is -2.29. The number of fused-ring (bicyclic) bond motifs is 3. The Labute approximate surface area is 327 Å². The molecule has 0 saturated heterocycles. The second kappa shape index (κ2) is 14.4. The molecule has 0 amide bonds.